The van der Waals surface area contributed by atoms with Gasteiger partial charge in [0.05, 0.1) is 6.61 Å². The van der Waals surface area contributed by atoms with Crippen LogP contribution in [0.5, 0.6) is 5.75 Å². The topological polar surface area (TPSA) is 9.23 Å². The van der Waals surface area contributed by atoms with E-state index in [0.29, 0.717) is 18.3 Å². The Bertz CT molecular complexity index is 256. The molecule has 0 bridgehead atoms. The van der Waals surface area contributed by atoms with Crippen LogP contribution in [0.25, 0.3) is 0 Å². The zero-order chi connectivity index (χ0) is 8.97. The Morgan fingerprint density at radius 3 is 2.64 bits per heavy atom. The normalized spacial score (nSPS) is 8.86. The van der Waals surface area contributed by atoms with Crippen molar-refractivity contribution in [3.8, 4) is 5.75 Å². The average Bonchev–Trinajstić information content (AvgIpc) is 2.03. The molecule has 0 aliphatic rings. The van der Waals surface area contributed by atoms with Crippen LogP contribution in [-0.4, -0.2) is 29.7 Å². The van der Waals surface area contributed by atoms with Crippen molar-refractivity contribution in [1.29, 1.82) is 0 Å². The summed E-state index contributed by atoms with van der Waals surface area (Å²) in [6, 6.07) is 7.13. The van der Waals surface area contributed by atoms with Crippen LogP contribution in [0.3, 0.4) is 0 Å². The van der Waals surface area contributed by atoms with Gasteiger partial charge in [0.1, 0.15) is 0 Å². The first-order valence-corrected chi connectivity index (χ1v) is 3.98. The SMILES string of the molecule is CC(C)COc1cc[c-]cc1F.[Br-].[Mg+2]. The van der Waals surface area contributed by atoms with Gasteiger partial charge in [-0.1, -0.05) is 13.8 Å². The molecule has 0 atom stereocenters. The summed E-state index contributed by atoms with van der Waals surface area (Å²) in [5.41, 5.74) is 0. The molecule has 0 N–H and O–H groups in total. The van der Waals surface area contributed by atoms with Crippen molar-refractivity contribution in [1.82, 2.24) is 0 Å². The van der Waals surface area contributed by atoms with Crippen LogP contribution in [0.15, 0.2) is 18.2 Å². The summed E-state index contributed by atoms with van der Waals surface area (Å²) in [6.45, 7) is 4.58. The van der Waals surface area contributed by atoms with E-state index < -0.39 is 0 Å². The smallest absolute Gasteiger partial charge is 1.00 e. The van der Waals surface area contributed by atoms with Crippen molar-refractivity contribution in [2.24, 2.45) is 5.92 Å². The first-order valence-electron chi connectivity index (χ1n) is 3.98. The molecule has 1 nitrogen and oxygen atoms in total. The van der Waals surface area contributed by atoms with Crippen LogP contribution < -0.4 is 21.7 Å². The predicted octanol–water partition coefficient (Wildman–Crippen LogP) is -0.716. The first kappa shape index (κ1) is 16.6. The molecular formula is C10H12BrFMgO. The van der Waals surface area contributed by atoms with Crippen LogP contribution in [0.1, 0.15) is 13.8 Å². The summed E-state index contributed by atoms with van der Waals surface area (Å²) in [6.07, 6.45) is 0. The summed E-state index contributed by atoms with van der Waals surface area (Å²) in [5.74, 6) is 0.370. The van der Waals surface area contributed by atoms with Crippen LogP contribution in [0, 0.1) is 17.8 Å². The molecule has 0 saturated heterocycles. The Morgan fingerprint density at radius 1 is 1.50 bits per heavy atom. The number of ether oxygens (including phenoxy) is 1. The fraction of sp³-hybridized carbons (Fsp3) is 0.400. The molecule has 0 radical (unpaired) electrons. The standard InChI is InChI=1S/C10H12FO.BrH.Mg/c1-8(2)7-12-10-6-4-3-5-9(10)11;;/h4-6,8H,7H2,1-2H3;1H;/q-1;;+2/p-1. The Balaban J connectivity index is 0. The number of benzene rings is 1. The fourth-order valence-corrected chi connectivity index (χ4v) is 0.769. The predicted molar refractivity (Wildman–Crippen MR) is 51.3 cm³/mol. The maximum Gasteiger partial charge on any atom is 2.00 e. The summed E-state index contributed by atoms with van der Waals surface area (Å²) in [7, 11) is 0. The Morgan fingerprint density at radius 2 is 2.14 bits per heavy atom. The molecular weight excluding hydrogens is 259 g/mol. The number of halogens is 2. The third-order valence-corrected chi connectivity index (χ3v) is 1.35. The van der Waals surface area contributed by atoms with E-state index in [1.165, 1.54) is 6.07 Å². The molecule has 0 fully saturated rings. The monoisotopic (exact) mass is 270 g/mol. The van der Waals surface area contributed by atoms with Crippen molar-refractivity contribution in [3.63, 3.8) is 0 Å². The molecule has 0 amide bonds. The van der Waals surface area contributed by atoms with Crippen molar-refractivity contribution in [2.75, 3.05) is 6.61 Å². The van der Waals surface area contributed by atoms with E-state index in [-0.39, 0.29) is 45.9 Å². The van der Waals surface area contributed by atoms with Crippen molar-refractivity contribution >= 4 is 23.1 Å². The van der Waals surface area contributed by atoms with Gasteiger partial charge < -0.3 is 21.7 Å². The summed E-state index contributed by atoms with van der Waals surface area (Å²) in [4.78, 5) is 0. The minimum atomic E-state index is -0.349. The van der Waals surface area contributed by atoms with Crippen LogP contribution >= 0.6 is 0 Å². The van der Waals surface area contributed by atoms with Gasteiger partial charge in [-0.3, -0.25) is 4.39 Å². The van der Waals surface area contributed by atoms with E-state index in [9.17, 15) is 4.39 Å². The molecule has 74 valence electrons. The molecule has 0 unspecified atom stereocenters. The summed E-state index contributed by atoms with van der Waals surface area (Å²) < 4.78 is 18.1. The minimum absolute atomic E-state index is 0. The molecule has 1 aromatic rings. The summed E-state index contributed by atoms with van der Waals surface area (Å²) in [5, 5.41) is 0. The molecule has 4 heteroatoms. The molecule has 1 aromatic carbocycles. The van der Waals surface area contributed by atoms with Gasteiger partial charge in [-0.15, -0.1) is 12.1 Å². The number of rotatable bonds is 3. The Hall–Kier alpha value is 0.196. The van der Waals surface area contributed by atoms with Gasteiger partial charge in [-0.2, -0.15) is 12.1 Å². The average molecular weight is 271 g/mol. The van der Waals surface area contributed by atoms with Gasteiger partial charge in [-0.05, 0) is 5.92 Å². The second-order valence-corrected chi connectivity index (χ2v) is 3.06. The molecule has 0 aliphatic carbocycles. The third-order valence-electron chi connectivity index (χ3n) is 1.35. The molecule has 0 heterocycles. The first-order chi connectivity index (χ1) is 5.70. The van der Waals surface area contributed by atoms with E-state index in [4.69, 9.17) is 4.74 Å². The largest absolute Gasteiger partial charge is 2.00 e. The summed E-state index contributed by atoms with van der Waals surface area (Å²) >= 11 is 0. The maximum atomic E-state index is 12.9. The van der Waals surface area contributed by atoms with E-state index in [0.717, 1.165) is 0 Å². The van der Waals surface area contributed by atoms with Gasteiger partial charge in [-0.25, -0.2) is 0 Å². The maximum absolute atomic E-state index is 12.9. The quantitative estimate of drug-likeness (QED) is 0.521. The van der Waals surface area contributed by atoms with Gasteiger partial charge >= 0.3 is 23.1 Å². The molecule has 0 spiro atoms. The zero-order valence-corrected chi connectivity index (χ0v) is 11.4. The second-order valence-electron chi connectivity index (χ2n) is 3.06. The molecule has 0 saturated carbocycles. The fourth-order valence-electron chi connectivity index (χ4n) is 0.769. The van der Waals surface area contributed by atoms with E-state index in [2.05, 4.69) is 6.07 Å². The minimum Gasteiger partial charge on any atom is -1.00 e. The second kappa shape index (κ2) is 8.50. The molecule has 0 aromatic heterocycles. The number of hydrogen-bond acceptors (Lipinski definition) is 1. The van der Waals surface area contributed by atoms with Crippen molar-refractivity contribution in [2.45, 2.75) is 13.8 Å². The van der Waals surface area contributed by atoms with Crippen molar-refractivity contribution in [3.05, 3.63) is 30.1 Å². The molecule has 1 rings (SSSR count). The molecule has 0 aliphatic heterocycles. The van der Waals surface area contributed by atoms with Gasteiger partial charge in [0.15, 0.2) is 0 Å². The van der Waals surface area contributed by atoms with Crippen molar-refractivity contribution < 1.29 is 26.1 Å². The zero-order valence-electron chi connectivity index (χ0n) is 8.39. The van der Waals surface area contributed by atoms with Gasteiger partial charge in [0.2, 0.25) is 0 Å². The third kappa shape index (κ3) is 5.83. The molecule has 14 heavy (non-hydrogen) atoms. The van der Waals surface area contributed by atoms with Crippen LogP contribution in [-0.2, 0) is 0 Å². The van der Waals surface area contributed by atoms with E-state index >= 15 is 0 Å². The van der Waals surface area contributed by atoms with E-state index in [1.54, 1.807) is 12.1 Å². The number of hydrogen-bond donors (Lipinski definition) is 0. The van der Waals surface area contributed by atoms with Gasteiger partial charge in [0.25, 0.3) is 0 Å². The van der Waals surface area contributed by atoms with Crippen LogP contribution in [0.2, 0.25) is 0 Å². The Kier molecular flexibility index (Phi) is 10.1. The van der Waals surface area contributed by atoms with Gasteiger partial charge in [0, 0.05) is 11.6 Å². The van der Waals surface area contributed by atoms with Crippen LogP contribution in [0.4, 0.5) is 4.39 Å². The van der Waals surface area contributed by atoms with E-state index in [1.807, 2.05) is 13.8 Å². The Labute approximate surface area is 111 Å².